The molecule has 0 saturated carbocycles. The van der Waals surface area contributed by atoms with Crippen molar-refractivity contribution in [2.45, 2.75) is 18.9 Å². The van der Waals surface area contributed by atoms with Gasteiger partial charge in [0.05, 0.1) is 4.92 Å². The zero-order chi connectivity index (χ0) is 14.8. The summed E-state index contributed by atoms with van der Waals surface area (Å²) in [7, 11) is 0. The number of nitrogens with zero attached hydrogens (tertiary/aromatic N) is 2. The molecule has 0 amide bonds. The number of hydrogen-bond donors (Lipinski definition) is 0. The van der Waals surface area contributed by atoms with Crippen molar-refractivity contribution in [1.29, 1.82) is 0 Å². The summed E-state index contributed by atoms with van der Waals surface area (Å²) in [6.07, 6.45) is 2.98. The largest absolute Gasteiger partial charge is 0.624 e. The third-order valence-electron chi connectivity index (χ3n) is 3.77. The highest BCUT2D eigenvalue weighted by atomic mass is 16.6. The molecule has 0 spiro atoms. The van der Waals surface area contributed by atoms with Crippen LogP contribution in [0.2, 0.25) is 0 Å². The minimum atomic E-state index is -0.452. The molecule has 21 heavy (non-hydrogen) atoms. The molecule has 106 valence electrons. The van der Waals surface area contributed by atoms with Gasteiger partial charge in [-0.05, 0) is 23.3 Å². The molecule has 0 aliphatic heterocycles. The molecule has 1 aliphatic carbocycles. The first-order valence-electron chi connectivity index (χ1n) is 6.75. The molecule has 0 N–H and O–H groups in total. The summed E-state index contributed by atoms with van der Waals surface area (Å²) in [5.74, 6) is 0. The van der Waals surface area contributed by atoms with Crippen LogP contribution in [0, 0.1) is 15.3 Å². The van der Waals surface area contributed by atoms with Gasteiger partial charge in [0, 0.05) is 30.5 Å². The lowest BCUT2D eigenvalue weighted by Crippen LogP contribution is -2.23. The summed E-state index contributed by atoms with van der Waals surface area (Å²) in [6.45, 7) is 0. The molecule has 2 aromatic rings. The quantitative estimate of drug-likeness (QED) is 0.286. The molecule has 0 atom stereocenters. The molecule has 0 heterocycles. The second-order valence-corrected chi connectivity index (χ2v) is 5.17. The number of non-ortho nitro benzene ring substituents is 1. The van der Waals surface area contributed by atoms with Crippen LogP contribution in [0.15, 0.2) is 48.5 Å². The van der Waals surface area contributed by atoms with Crippen LogP contribution in [0.25, 0.3) is 0 Å². The molecule has 2 aromatic carbocycles. The van der Waals surface area contributed by atoms with Crippen molar-refractivity contribution in [3.8, 4) is 0 Å². The number of nitro benzene ring substituents is 1. The average Bonchev–Trinajstić information content (AvgIpc) is 2.92. The van der Waals surface area contributed by atoms with Crippen LogP contribution in [0.4, 0.5) is 5.69 Å². The molecular weight excluding hydrogens is 268 g/mol. The standard InChI is InChI=1S/C16H14N2O3/c19-17(11-12-5-7-15(8-6-12)18(20)21)16-9-13-3-1-2-4-14(13)10-16/h1-8,11,16H,9-10H2/b17-11+. The number of hydrogen-bond acceptors (Lipinski definition) is 3. The first-order chi connectivity index (χ1) is 10.1. The van der Waals surface area contributed by atoms with Crippen LogP contribution < -0.4 is 0 Å². The summed E-state index contributed by atoms with van der Waals surface area (Å²) in [6, 6.07) is 14.0. The van der Waals surface area contributed by atoms with E-state index < -0.39 is 4.92 Å². The predicted molar refractivity (Wildman–Crippen MR) is 79.5 cm³/mol. The topological polar surface area (TPSA) is 69.2 Å². The van der Waals surface area contributed by atoms with Crippen LogP contribution in [0.5, 0.6) is 0 Å². The van der Waals surface area contributed by atoms with Gasteiger partial charge in [0.15, 0.2) is 12.3 Å². The molecule has 3 rings (SSSR count). The first-order valence-corrected chi connectivity index (χ1v) is 6.75. The highest BCUT2D eigenvalue weighted by molar-refractivity contribution is 5.76. The smallest absolute Gasteiger partial charge is 0.269 e. The number of rotatable bonds is 3. The average molecular weight is 282 g/mol. The highest BCUT2D eigenvalue weighted by Gasteiger charge is 2.26. The normalized spacial score (nSPS) is 15.0. The fourth-order valence-corrected chi connectivity index (χ4v) is 2.65. The zero-order valence-electron chi connectivity index (χ0n) is 11.3. The minimum absolute atomic E-state index is 0.0258. The Morgan fingerprint density at radius 1 is 0.952 bits per heavy atom. The van der Waals surface area contributed by atoms with Crippen LogP contribution in [-0.4, -0.2) is 21.9 Å². The van der Waals surface area contributed by atoms with Gasteiger partial charge >= 0.3 is 0 Å². The van der Waals surface area contributed by atoms with Gasteiger partial charge in [-0.3, -0.25) is 10.1 Å². The Balaban J connectivity index is 1.77. The van der Waals surface area contributed by atoms with Crippen molar-refractivity contribution in [2.24, 2.45) is 0 Å². The molecular formula is C16H14N2O3. The molecule has 5 nitrogen and oxygen atoms in total. The van der Waals surface area contributed by atoms with Gasteiger partial charge in [0.25, 0.3) is 5.69 Å². The van der Waals surface area contributed by atoms with Crippen molar-refractivity contribution in [3.63, 3.8) is 0 Å². The predicted octanol–water partition coefficient (Wildman–Crippen LogP) is 2.69. The number of nitro groups is 1. The molecule has 0 radical (unpaired) electrons. The van der Waals surface area contributed by atoms with Crippen molar-refractivity contribution < 1.29 is 9.66 Å². The van der Waals surface area contributed by atoms with E-state index in [1.807, 2.05) is 12.1 Å². The molecule has 0 bridgehead atoms. The van der Waals surface area contributed by atoms with E-state index in [2.05, 4.69) is 12.1 Å². The van der Waals surface area contributed by atoms with E-state index in [0.29, 0.717) is 5.56 Å². The van der Waals surface area contributed by atoms with Gasteiger partial charge in [-0.1, -0.05) is 24.3 Å². The molecule has 0 unspecified atom stereocenters. The van der Waals surface area contributed by atoms with E-state index in [-0.39, 0.29) is 11.7 Å². The number of fused-ring (bicyclic) bond motifs is 1. The van der Waals surface area contributed by atoms with Crippen LogP contribution in [0.1, 0.15) is 16.7 Å². The summed E-state index contributed by atoms with van der Waals surface area (Å²) in [4.78, 5) is 10.1. The summed E-state index contributed by atoms with van der Waals surface area (Å²) >= 11 is 0. The van der Waals surface area contributed by atoms with E-state index in [1.165, 1.54) is 29.5 Å². The molecule has 5 heteroatoms. The van der Waals surface area contributed by atoms with Crippen LogP contribution in [0.3, 0.4) is 0 Å². The molecule has 0 aromatic heterocycles. The lowest BCUT2D eigenvalue weighted by Gasteiger charge is -2.10. The number of hydroxylamine groups is 1. The van der Waals surface area contributed by atoms with E-state index in [4.69, 9.17) is 0 Å². The van der Waals surface area contributed by atoms with Crippen molar-refractivity contribution in [3.05, 3.63) is 80.5 Å². The Morgan fingerprint density at radius 2 is 1.52 bits per heavy atom. The lowest BCUT2D eigenvalue weighted by molar-refractivity contribution is -0.493. The van der Waals surface area contributed by atoms with Crippen molar-refractivity contribution in [1.82, 2.24) is 0 Å². The van der Waals surface area contributed by atoms with E-state index in [0.717, 1.165) is 17.6 Å². The van der Waals surface area contributed by atoms with Gasteiger partial charge in [0.2, 0.25) is 0 Å². The van der Waals surface area contributed by atoms with Crippen LogP contribution in [-0.2, 0) is 12.8 Å². The Hall–Kier alpha value is -2.69. The summed E-state index contributed by atoms with van der Waals surface area (Å²) < 4.78 is 0.959. The van der Waals surface area contributed by atoms with E-state index >= 15 is 0 Å². The molecule has 1 aliphatic rings. The summed E-state index contributed by atoms with van der Waals surface area (Å²) in [5, 5.41) is 22.8. The van der Waals surface area contributed by atoms with Crippen molar-refractivity contribution >= 4 is 11.9 Å². The SMILES string of the molecule is O=[N+]([O-])c1ccc(/C=[N+](/[O-])C2Cc3ccccc3C2)cc1. The Labute approximate surface area is 121 Å². The minimum Gasteiger partial charge on any atom is -0.624 e. The second kappa shape index (κ2) is 5.36. The van der Waals surface area contributed by atoms with Crippen LogP contribution >= 0.6 is 0 Å². The zero-order valence-corrected chi connectivity index (χ0v) is 11.3. The fraction of sp³-hybridized carbons (Fsp3) is 0.188. The maximum Gasteiger partial charge on any atom is 0.269 e. The third kappa shape index (κ3) is 2.76. The van der Waals surface area contributed by atoms with Gasteiger partial charge in [-0.15, -0.1) is 0 Å². The maximum absolute atomic E-state index is 12.2. The maximum atomic E-state index is 12.2. The Bertz CT molecular complexity index is 683. The molecule has 0 fully saturated rings. The number of benzene rings is 2. The first kappa shape index (κ1) is 13.3. The Morgan fingerprint density at radius 3 is 2.05 bits per heavy atom. The van der Waals surface area contributed by atoms with Crippen molar-refractivity contribution in [2.75, 3.05) is 0 Å². The lowest BCUT2D eigenvalue weighted by atomic mass is 10.1. The van der Waals surface area contributed by atoms with Gasteiger partial charge < -0.3 is 5.21 Å². The summed E-state index contributed by atoms with van der Waals surface area (Å²) in [5.41, 5.74) is 3.14. The highest BCUT2D eigenvalue weighted by Crippen LogP contribution is 2.23. The second-order valence-electron chi connectivity index (χ2n) is 5.17. The van der Waals surface area contributed by atoms with E-state index in [9.17, 15) is 15.3 Å². The monoisotopic (exact) mass is 282 g/mol. The molecule has 0 saturated heterocycles. The van der Waals surface area contributed by atoms with Gasteiger partial charge in [0.1, 0.15) is 0 Å². The third-order valence-corrected chi connectivity index (χ3v) is 3.77. The fourth-order valence-electron chi connectivity index (χ4n) is 2.65. The van der Waals surface area contributed by atoms with Gasteiger partial charge in [-0.2, -0.15) is 0 Å². The van der Waals surface area contributed by atoms with Gasteiger partial charge in [-0.25, -0.2) is 4.74 Å². The Kier molecular flexibility index (Phi) is 3.39. The van der Waals surface area contributed by atoms with E-state index in [1.54, 1.807) is 12.1 Å².